The van der Waals surface area contributed by atoms with Crippen molar-refractivity contribution in [3.63, 3.8) is 0 Å². The molecule has 0 saturated carbocycles. The number of aryl methyl sites for hydroxylation is 2. The Kier molecular flexibility index (Phi) is 8.70. The Morgan fingerprint density at radius 2 is 1.43 bits per heavy atom. The highest BCUT2D eigenvalue weighted by Gasteiger charge is 2.39. The number of carbonyl (C=O) groups excluding carboxylic acids is 4. The van der Waals surface area contributed by atoms with Crippen LogP contribution in [0.25, 0.3) is 0 Å². The Labute approximate surface area is 237 Å². The number of imide groups is 1. The molecule has 206 valence electrons. The van der Waals surface area contributed by atoms with E-state index in [0.29, 0.717) is 29.2 Å². The molecule has 2 amide bonds. The Morgan fingerprint density at radius 3 is 2.08 bits per heavy atom. The summed E-state index contributed by atoms with van der Waals surface area (Å²) >= 11 is 6.24. The van der Waals surface area contributed by atoms with Gasteiger partial charge in [-0.05, 0) is 92.4 Å². The third-order valence-electron chi connectivity index (χ3n) is 6.58. The summed E-state index contributed by atoms with van der Waals surface area (Å²) < 4.78 is 10.8. The lowest BCUT2D eigenvalue weighted by molar-refractivity contribution is -0.120. The Morgan fingerprint density at radius 1 is 0.825 bits per heavy atom. The van der Waals surface area contributed by atoms with Crippen molar-refractivity contribution in [2.45, 2.75) is 40.5 Å². The van der Waals surface area contributed by atoms with Crippen molar-refractivity contribution in [2.24, 2.45) is 0 Å². The molecule has 9 heteroatoms. The third kappa shape index (κ3) is 5.92. The lowest BCUT2D eigenvalue weighted by Crippen LogP contribution is -2.32. The number of benzene rings is 3. The number of nitrogens with zero attached hydrogens (tertiary/aromatic N) is 1. The number of rotatable bonds is 9. The molecule has 40 heavy (non-hydrogen) atoms. The normalized spacial score (nSPS) is 13.1. The van der Waals surface area contributed by atoms with Gasteiger partial charge in [-0.3, -0.25) is 9.59 Å². The van der Waals surface area contributed by atoms with E-state index in [4.69, 9.17) is 21.1 Å². The first-order valence-electron chi connectivity index (χ1n) is 12.8. The minimum atomic E-state index is -0.698. The van der Waals surface area contributed by atoms with Gasteiger partial charge in [0, 0.05) is 5.69 Å². The molecule has 0 unspecified atom stereocenters. The van der Waals surface area contributed by atoms with Crippen LogP contribution in [-0.2, 0) is 14.3 Å². The van der Waals surface area contributed by atoms with E-state index in [2.05, 4.69) is 5.32 Å². The number of hydrogen-bond donors (Lipinski definition) is 1. The second-order valence-corrected chi connectivity index (χ2v) is 9.79. The van der Waals surface area contributed by atoms with Crippen LogP contribution in [0.1, 0.15) is 57.2 Å². The van der Waals surface area contributed by atoms with Crippen LogP contribution < -0.4 is 15.0 Å². The first-order valence-corrected chi connectivity index (χ1v) is 13.2. The number of unbranched alkanes of at least 4 members (excludes halogenated alkanes) is 1. The van der Waals surface area contributed by atoms with E-state index in [0.717, 1.165) is 34.4 Å². The van der Waals surface area contributed by atoms with Crippen LogP contribution in [0, 0.1) is 20.8 Å². The van der Waals surface area contributed by atoms with Crippen molar-refractivity contribution in [3.8, 4) is 5.75 Å². The zero-order chi connectivity index (χ0) is 29.0. The Bertz CT molecular complexity index is 1510. The van der Waals surface area contributed by atoms with Gasteiger partial charge in [-0.15, -0.1) is 0 Å². The maximum atomic E-state index is 13.1. The molecule has 1 aliphatic rings. The van der Waals surface area contributed by atoms with Gasteiger partial charge < -0.3 is 14.8 Å². The first kappa shape index (κ1) is 28.6. The summed E-state index contributed by atoms with van der Waals surface area (Å²) in [6.07, 6.45) is 1.67. The molecular formula is C31H29ClN2O6. The highest BCUT2D eigenvalue weighted by molar-refractivity contribution is 6.53. The van der Waals surface area contributed by atoms with Gasteiger partial charge in [0.1, 0.15) is 16.5 Å². The van der Waals surface area contributed by atoms with E-state index < -0.39 is 23.8 Å². The maximum absolute atomic E-state index is 13.1. The van der Waals surface area contributed by atoms with Crippen LogP contribution >= 0.6 is 11.6 Å². The van der Waals surface area contributed by atoms with Crippen molar-refractivity contribution in [3.05, 3.63) is 99.2 Å². The van der Waals surface area contributed by atoms with E-state index in [9.17, 15) is 19.2 Å². The fourth-order valence-electron chi connectivity index (χ4n) is 4.05. The minimum absolute atomic E-state index is 0.101. The summed E-state index contributed by atoms with van der Waals surface area (Å²) in [6.45, 7) is 8.04. The van der Waals surface area contributed by atoms with Crippen molar-refractivity contribution in [2.75, 3.05) is 16.8 Å². The zero-order valence-corrected chi connectivity index (χ0v) is 23.4. The lowest BCUT2D eigenvalue weighted by atomic mass is 10.1. The Balaban J connectivity index is 1.44. The average Bonchev–Trinajstić information content (AvgIpc) is 3.16. The standard InChI is InChI=1S/C31H29ClN2O6/c1-5-6-17-39-30(37)21-11-15-24(16-12-21)34-28(35)25(32)26(29(34)36)33-23-13-9-22(10-14-23)31(38)40-27-19(3)8-7-18(2)20(27)4/h7-16,33H,5-6,17H2,1-4H3. The zero-order valence-electron chi connectivity index (χ0n) is 22.7. The summed E-state index contributed by atoms with van der Waals surface area (Å²) in [7, 11) is 0. The van der Waals surface area contributed by atoms with Gasteiger partial charge in [0.05, 0.1) is 23.4 Å². The van der Waals surface area contributed by atoms with Crippen LogP contribution in [0.4, 0.5) is 11.4 Å². The summed E-state index contributed by atoms with van der Waals surface area (Å²) in [5.41, 5.74) is 3.99. The van der Waals surface area contributed by atoms with Crippen molar-refractivity contribution >= 4 is 46.7 Å². The van der Waals surface area contributed by atoms with E-state index in [-0.39, 0.29) is 16.4 Å². The smallest absolute Gasteiger partial charge is 0.343 e. The first-order chi connectivity index (χ1) is 19.1. The van der Waals surface area contributed by atoms with Crippen molar-refractivity contribution < 1.29 is 28.7 Å². The molecule has 1 aliphatic heterocycles. The Hall–Kier alpha value is -4.43. The van der Waals surface area contributed by atoms with Gasteiger partial charge in [-0.1, -0.05) is 37.1 Å². The maximum Gasteiger partial charge on any atom is 0.343 e. The van der Waals surface area contributed by atoms with Crippen LogP contribution in [0.15, 0.2) is 71.4 Å². The largest absolute Gasteiger partial charge is 0.462 e. The molecule has 1 N–H and O–H groups in total. The number of amides is 2. The molecular weight excluding hydrogens is 532 g/mol. The second-order valence-electron chi connectivity index (χ2n) is 9.42. The molecule has 0 spiro atoms. The molecule has 0 fully saturated rings. The molecule has 3 aromatic rings. The van der Waals surface area contributed by atoms with Gasteiger partial charge in [0.2, 0.25) is 0 Å². The number of carbonyl (C=O) groups is 4. The molecule has 0 saturated heterocycles. The van der Waals surface area contributed by atoms with E-state index >= 15 is 0 Å². The molecule has 3 aromatic carbocycles. The topological polar surface area (TPSA) is 102 Å². The SMILES string of the molecule is CCCCOC(=O)c1ccc(N2C(=O)C(Cl)=C(Nc3ccc(C(=O)Oc4c(C)ccc(C)c4C)cc3)C2=O)cc1. The average molecular weight is 561 g/mol. The number of ether oxygens (including phenoxy) is 2. The number of hydrogen-bond acceptors (Lipinski definition) is 7. The van der Waals surface area contributed by atoms with Crippen LogP contribution in [0.5, 0.6) is 5.75 Å². The highest BCUT2D eigenvalue weighted by atomic mass is 35.5. The molecule has 8 nitrogen and oxygen atoms in total. The molecule has 4 rings (SSSR count). The van der Waals surface area contributed by atoms with Crippen LogP contribution in [0.3, 0.4) is 0 Å². The van der Waals surface area contributed by atoms with Crippen LogP contribution in [0.2, 0.25) is 0 Å². The number of nitrogens with one attached hydrogen (secondary N) is 1. The molecule has 0 aliphatic carbocycles. The number of esters is 2. The summed E-state index contributed by atoms with van der Waals surface area (Å²) in [5.74, 6) is -1.81. The second kappa shape index (κ2) is 12.2. The number of anilines is 2. The predicted molar refractivity (Wildman–Crippen MR) is 153 cm³/mol. The fraction of sp³-hybridized carbons (Fsp3) is 0.226. The lowest BCUT2D eigenvalue weighted by Gasteiger charge is -2.15. The van der Waals surface area contributed by atoms with Gasteiger partial charge in [0.15, 0.2) is 0 Å². The summed E-state index contributed by atoms with van der Waals surface area (Å²) in [4.78, 5) is 51.8. The third-order valence-corrected chi connectivity index (χ3v) is 6.93. The molecule has 0 bridgehead atoms. The van der Waals surface area contributed by atoms with Crippen molar-refractivity contribution in [1.29, 1.82) is 0 Å². The molecule has 0 aromatic heterocycles. The molecule has 0 radical (unpaired) electrons. The van der Waals surface area contributed by atoms with Gasteiger partial charge >= 0.3 is 11.9 Å². The van der Waals surface area contributed by atoms with Crippen LogP contribution in [-0.4, -0.2) is 30.4 Å². The number of halogens is 1. The van der Waals surface area contributed by atoms with E-state index in [1.165, 1.54) is 24.3 Å². The monoisotopic (exact) mass is 560 g/mol. The van der Waals surface area contributed by atoms with E-state index in [1.54, 1.807) is 24.3 Å². The van der Waals surface area contributed by atoms with E-state index in [1.807, 2.05) is 39.8 Å². The summed E-state index contributed by atoms with van der Waals surface area (Å²) in [6, 6.07) is 16.1. The van der Waals surface area contributed by atoms with Gasteiger partial charge in [0.25, 0.3) is 11.8 Å². The highest BCUT2D eigenvalue weighted by Crippen LogP contribution is 2.31. The quantitative estimate of drug-likeness (QED) is 0.143. The minimum Gasteiger partial charge on any atom is -0.462 e. The fourth-order valence-corrected chi connectivity index (χ4v) is 4.27. The molecule has 1 heterocycles. The van der Waals surface area contributed by atoms with Gasteiger partial charge in [-0.25, -0.2) is 14.5 Å². The molecule has 0 atom stereocenters. The van der Waals surface area contributed by atoms with Crippen molar-refractivity contribution in [1.82, 2.24) is 0 Å². The predicted octanol–water partition coefficient (Wildman–Crippen LogP) is 6.22. The van der Waals surface area contributed by atoms with Gasteiger partial charge in [-0.2, -0.15) is 0 Å². The summed E-state index contributed by atoms with van der Waals surface area (Å²) in [5, 5.41) is 2.60.